The van der Waals surface area contributed by atoms with Crippen LogP contribution in [-0.2, 0) is 17.9 Å². The van der Waals surface area contributed by atoms with Gasteiger partial charge in [0.15, 0.2) is 5.65 Å². The van der Waals surface area contributed by atoms with Gasteiger partial charge in [0.05, 0.1) is 36.9 Å². The zero-order valence-electron chi connectivity index (χ0n) is 16.8. The SMILES string of the molecule is CCC(C(=O)NCCn1ncc2c(NCc3ccco3)ncnc21)c1ccccc1. The van der Waals surface area contributed by atoms with Crippen LogP contribution < -0.4 is 10.6 Å². The highest BCUT2D eigenvalue weighted by molar-refractivity contribution is 5.86. The predicted octanol–water partition coefficient (Wildman–Crippen LogP) is 3.34. The van der Waals surface area contributed by atoms with Crippen LogP contribution in [0.3, 0.4) is 0 Å². The number of amides is 1. The van der Waals surface area contributed by atoms with Gasteiger partial charge in [-0.3, -0.25) is 4.79 Å². The van der Waals surface area contributed by atoms with Gasteiger partial charge < -0.3 is 15.1 Å². The van der Waals surface area contributed by atoms with Crippen molar-refractivity contribution >= 4 is 22.8 Å². The number of fused-ring (bicyclic) bond motifs is 1. The molecule has 0 fully saturated rings. The number of aromatic nitrogens is 4. The van der Waals surface area contributed by atoms with Crippen LogP contribution in [0.2, 0.25) is 0 Å². The van der Waals surface area contributed by atoms with Gasteiger partial charge in [0.25, 0.3) is 0 Å². The van der Waals surface area contributed by atoms with Crippen LogP contribution in [0.4, 0.5) is 5.82 Å². The second kappa shape index (κ2) is 9.21. The van der Waals surface area contributed by atoms with Gasteiger partial charge in [-0.1, -0.05) is 37.3 Å². The van der Waals surface area contributed by atoms with Crippen molar-refractivity contribution in [1.82, 2.24) is 25.1 Å². The van der Waals surface area contributed by atoms with Gasteiger partial charge in [-0.2, -0.15) is 5.10 Å². The Bertz CT molecular complexity index is 1090. The van der Waals surface area contributed by atoms with Crippen LogP contribution in [0.1, 0.15) is 30.6 Å². The third kappa shape index (κ3) is 4.32. The van der Waals surface area contributed by atoms with Gasteiger partial charge in [-0.25, -0.2) is 14.6 Å². The van der Waals surface area contributed by atoms with E-state index in [9.17, 15) is 4.79 Å². The van der Waals surface area contributed by atoms with E-state index in [4.69, 9.17) is 4.42 Å². The molecule has 0 saturated carbocycles. The Morgan fingerprint density at radius 2 is 2.03 bits per heavy atom. The normalized spacial score (nSPS) is 12.0. The summed E-state index contributed by atoms with van der Waals surface area (Å²) in [6, 6.07) is 13.6. The van der Waals surface area contributed by atoms with E-state index < -0.39 is 0 Å². The lowest BCUT2D eigenvalue weighted by atomic mass is 9.96. The maximum atomic E-state index is 12.6. The Labute approximate surface area is 174 Å². The molecule has 4 aromatic rings. The largest absolute Gasteiger partial charge is 0.467 e. The van der Waals surface area contributed by atoms with Crippen molar-refractivity contribution < 1.29 is 9.21 Å². The quantitative estimate of drug-likeness (QED) is 0.444. The summed E-state index contributed by atoms with van der Waals surface area (Å²) in [7, 11) is 0. The first kappa shape index (κ1) is 19.6. The number of carbonyl (C=O) groups excluding carboxylic acids is 1. The number of anilines is 1. The summed E-state index contributed by atoms with van der Waals surface area (Å²) in [6.07, 6.45) is 5.63. The van der Waals surface area contributed by atoms with E-state index in [0.717, 1.165) is 28.8 Å². The third-order valence-electron chi connectivity index (χ3n) is 4.99. The van der Waals surface area contributed by atoms with Crippen LogP contribution in [0, 0.1) is 0 Å². The van der Waals surface area contributed by atoms with Gasteiger partial charge in [-0.15, -0.1) is 0 Å². The molecular weight excluding hydrogens is 380 g/mol. The summed E-state index contributed by atoms with van der Waals surface area (Å²) < 4.78 is 7.12. The second-order valence-electron chi connectivity index (χ2n) is 6.92. The molecule has 1 aromatic carbocycles. The third-order valence-corrected chi connectivity index (χ3v) is 4.99. The van der Waals surface area contributed by atoms with Gasteiger partial charge >= 0.3 is 0 Å². The van der Waals surface area contributed by atoms with Crippen molar-refractivity contribution in [2.24, 2.45) is 0 Å². The highest BCUT2D eigenvalue weighted by atomic mass is 16.3. The molecule has 8 heteroatoms. The fraction of sp³-hybridized carbons (Fsp3) is 0.273. The Balaban J connectivity index is 1.38. The molecule has 0 aliphatic rings. The molecule has 3 aromatic heterocycles. The summed E-state index contributed by atoms with van der Waals surface area (Å²) in [5.41, 5.74) is 1.75. The van der Waals surface area contributed by atoms with E-state index in [2.05, 4.69) is 25.7 Å². The molecule has 1 amide bonds. The number of hydrogen-bond donors (Lipinski definition) is 2. The van der Waals surface area contributed by atoms with Crippen molar-refractivity contribution in [1.29, 1.82) is 0 Å². The zero-order valence-corrected chi connectivity index (χ0v) is 16.8. The van der Waals surface area contributed by atoms with Crippen molar-refractivity contribution in [2.45, 2.75) is 32.4 Å². The van der Waals surface area contributed by atoms with E-state index in [1.165, 1.54) is 6.33 Å². The first-order valence-electron chi connectivity index (χ1n) is 10.0. The van der Waals surface area contributed by atoms with Gasteiger partial charge in [0, 0.05) is 6.54 Å². The maximum Gasteiger partial charge on any atom is 0.227 e. The molecule has 30 heavy (non-hydrogen) atoms. The average Bonchev–Trinajstić information content (AvgIpc) is 3.44. The Morgan fingerprint density at radius 3 is 2.80 bits per heavy atom. The molecule has 3 heterocycles. The van der Waals surface area contributed by atoms with Crippen LogP contribution in [-0.4, -0.2) is 32.2 Å². The predicted molar refractivity (Wildman–Crippen MR) is 114 cm³/mol. The molecule has 1 unspecified atom stereocenters. The van der Waals surface area contributed by atoms with E-state index in [1.807, 2.05) is 49.4 Å². The molecule has 154 valence electrons. The molecule has 2 N–H and O–H groups in total. The molecule has 0 aliphatic carbocycles. The minimum absolute atomic E-state index is 0.0237. The number of furan rings is 1. The highest BCUT2D eigenvalue weighted by Crippen LogP contribution is 2.20. The van der Waals surface area contributed by atoms with Gasteiger partial charge in [-0.05, 0) is 24.1 Å². The van der Waals surface area contributed by atoms with Crippen LogP contribution in [0.25, 0.3) is 11.0 Å². The van der Waals surface area contributed by atoms with E-state index in [0.29, 0.717) is 25.5 Å². The molecule has 1 atom stereocenters. The van der Waals surface area contributed by atoms with Gasteiger partial charge in [0.2, 0.25) is 5.91 Å². The molecule has 4 rings (SSSR count). The van der Waals surface area contributed by atoms with Gasteiger partial charge in [0.1, 0.15) is 17.9 Å². The summed E-state index contributed by atoms with van der Waals surface area (Å²) in [6.45, 7) is 3.54. The first-order valence-corrected chi connectivity index (χ1v) is 10.0. The Hall–Kier alpha value is -3.68. The number of rotatable bonds is 9. The number of nitrogens with one attached hydrogen (secondary N) is 2. The van der Waals surface area contributed by atoms with Crippen LogP contribution >= 0.6 is 0 Å². The van der Waals surface area contributed by atoms with Crippen molar-refractivity contribution in [3.05, 3.63) is 72.6 Å². The number of nitrogens with zero attached hydrogens (tertiary/aromatic N) is 4. The lowest BCUT2D eigenvalue weighted by Gasteiger charge is -2.15. The monoisotopic (exact) mass is 404 g/mol. The van der Waals surface area contributed by atoms with Crippen molar-refractivity contribution in [3.63, 3.8) is 0 Å². The van der Waals surface area contributed by atoms with Crippen molar-refractivity contribution in [3.8, 4) is 0 Å². The van der Waals surface area contributed by atoms with Crippen LogP contribution in [0.15, 0.2) is 65.7 Å². The Morgan fingerprint density at radius 1 is 1.17 bits per heavy atom. The molecule has 8 nitrogen and oxygen atoms in total. The lowest BCUT2D eigenvalue weighted by molar-refractivity contribution is -0.122. The molecule has 0 radical (unpaired) electrons. The van der Waals surface area contributed by atoms with Crippen molar-refractivity contribution in [2.75, 3.05) is 11.9 Å². The summed E-state index contributed by atoms with van der Waals surface area (Å²) >= 11 is 0. The Kier molecular flexibility index (Phi) is 6.03. The highest BCUT2D eigenvalue weighted by Gasteiger charge is 2.18. The molecule has 0 bridgehead atoms. The zero-order chi connectivity index (χ0) is 20.8. The van der Waals surface area contributed by atoms with E-state index in [-0.39, 0.29) is 11.8 Å². The standard InChI is InChI=1S/C22H24N6O2/c1-2-18(16-7-4-3-5-8-16)22(29)23-10-11-28-21-19(14-27-28)20(25-15-26-21)24-13-17-9-6-12-30-17/h3-9,12,14-15,18H,2,10-11,13H2,1H3,(H,23,29)(H,24,25,26). The molecule has 0 saturated heterocycles. The smallest absolute Gasteiger partial charge is 0.227 e. The minimum Gasteiger partial charge on any atom is -0.467 e. The first-order chi connectivity index (χ1) is 14.8. The van der Waals surface area contributed by atoms with E-state index >= 15 is 0 Å². The molecule has 0 aliphatic heterocycles. The van der Waals surface area contributed by atoms with Crippen LogP contribution in [0.5, 0.6) is 0 Å². The number of benzene rings is 1. The minimum atomic E-state index is -0.153. The van der Waals surface area contributed by atoms with E-state index in [1.54, 1.807) is 17.1 Å². The number of carbonyl (C=O) groups is 1. The fourth-order valence-electron chi connectivity index (χ4n) is 3.45. The lowest BCUT2D eigenvalue weighted by Crippen LogP contribution is -2.32. The molecular formula is C22H24N6O2. The number of hydrogen-bond acceptors (Lipinski definition) is 6. The average molecular weight is 404 g/mol. The summed E-state index contributed by atoms with van der Waals surface area (Å²) in [5.74, 6) is 1.39. The maximum absolute atomic E-state index is 12.6. The molecule has 0 spiro atoms. The summed E-state index contributed by atoms with van der Waals surface area (Å²) in [5, 5.41) is 11.5. The second-order valence-corrected chi connectivity index (χ2v) is 6.92. The summed E-state index contributed by atoms with van der Waals surface area (Å²) in [4.78, 5) is 21.3. The fourth-order valence-corrected chi connectivity index (χ4v) is 3.45. The topological polar surface area (TPSA) is 97.9 Å².